The van der Waals surface area contributed by atoms with Gasteiger partial charge in [-0.3, -0.25) is 0 Å². The maximum absolute atomic E-state index is 11.2. The minimum atomic E-state index is 0.480. The fourth-order valence-electron chi connectivity index (χ4n) is 9.93. The molecule has 0 aliphatic heterocycles. The monoisotopic (exact) mass is 539 g/mol. The summed E-state index contributed by atoms with van der Waals surface area (Å²) < 4.78 is 0. The van der Waals surface area contributed by atoms with E-state index in [1.807, 2.05) is 0 Å². The number of phenolic OH excluding ortho intramolecular Hbond substituents is 1. The Morgan fingerprint density at radius 3 is 1.21 bits per heavy atom. The van der Waals surface area contributed by atoms with Gasteiger partial charge in [-0.2, -0.15) is 0 Å². The van der Waals surface area contributed by atoms with E-state index in [0.717, 1.165) is 47.3 Å². The summed E-state index contributed by atoms with van der Waals surface area (Å²) in [6.45, 7) is 29.5. The van der Waals surface area contributed by atoms with E-state index in [9.17, 15) is 5.11 Å². The van der Waals surface area contributed by atoms with Gasteiger partial charge in [0.25, 0.3) is 0 Å². The third-order valence-corrected chi connectivity index (χ3v) is 11.8. The van der Waals surface area contributed by atoms with Crippen molar-refractivity contribution in [2.75, 3.05) is 0 Å². The molecule has 1 aromatic rings. The molecule has 0 spiro atoms. The number of hydrogen-bond donors (Lipinski definition) is 1. The van der Waals surface area contributed by atoms with E-state index in [1.54, 1.807) is 0 Å². The van der Waals surface area contributed by atoms with Crippen molar-refractivity contribution in [1.29, 1.82) is 0 Å². The predicted molar refractivity (Wildman–Crippen MR) is 171 cm³/mol. The van der Waals surface area contributed by atoms with Gasteiger partial charge in [-0.25, -0.2) is 0 Å². The number of aromatic hydroxyl groups is 1. The second kappa shape index (κ2) is 13.8. The van der Waals surface area contributed by atoms with Crippen LogP contribution in [0.25, 0.3) is 0 Å². The van der Waals surface area contributed by atoms with Gasteiger partial charge < -0.3 is 5.11 Å². The molecule has 2 aliphatic carbocycles. The number of rotatable bonds is 10. The number of phenols is 1. The fourth-order valence-corrected chi connectivity index (χ4v) is 9.93. The van der Waals surface area contributed by atoms with Crippen molar-refractivity contribution in [1.82, 2.24) is 0 Å². The van der Waals surface area contributed by atoms with Crippen LogP contribution in [-0.4, -0.2) is 5.11 Å². The van der Waals surface area contributed by atoms with E-state index in [-0.39, 0.29) is 0 Å². The SMILES string of the molecule is CC1CCC(C(C)C)C(C(C)C(c2cc(O)cc(C(C(C)C)C(C)C3CC(C)CCC3C(C)C)c2)C(C)C)C1. The third kappa shape index (κ3) is 7.65. The van der Waals surface area contributed by atoms with E-state index in [1.165, 1.54) is 49.7 Å². The highest BCUT2D eigenvalue weighted by Gasteiger charge is 2.41. The van der Waals surface area contributed by atoms with E-state index in [4.69, 9.17) is 0 Å². The van der Waals surface area contributed by atoms with Crippen LogP contribution in [0.4, 0.5) is 0 Å². The minimum Gasteiger partial charge on any atom is -0.508 e. The van der Waals surface area contributed by atoms with E-state index >= 15 is 0 Å². The first kappa shape index (κ1) is 32.5. The fraction of sp³-hybridized carbons (Fsp3) is 0.842. The summed E-state index contributed by atoms with van der Waals surface area (Å²) in [4.78, 5) is 0. The summed E-state index contributed by atoms with van der Waals surface area (Å²) in [5.41, 5.74) is 2.78. The average molecular weight is 539 g/mol. The van der Waals surface area contributed by atoms with Crippen molar-refractivity contribution in [3.8, 4) is 5.75 Å². The molecule has 10 atom stereocenters. The van der Waals surface area contributed by atoms with Gasteiger partial charge in [-0.05, 0) is 132 Å². The second-order valence-corrected chi connectivity index (χ2v) is 16.1. The summed E-state index contributed by atoms with van der Waals surface area (Å²) in [7, 11) is 0. The highest BCUT2D eigenvalue weighted by atomic mass is 16.3. The molecule has 0 amide bonds. The van der Waals surface area contributed by atoms with Gasteiger partial charge in [0, 0.05) is 0 Å². The standard InChI is InChI=1S/C38H66O/c1-22(2)33-15-13-26(9)17-35(33)28(11)37(24(5)6)30-19-31(21-32(39)20-30)38(25(7)8)29(12)36-18-27(10)14-16-34(36)23(3)4/h19-29,33-39H,13-18H2,1-12H3. The molecule has 0 heterocycles. The van der Waals surface area contributed by atoms with Crippen molar-refractivity contribution in [2.24, 2.45) is 71.0 Å². The molecule has 1 aromatic carbocycles. The lowest BCUT2D eigenvalue weighted by molar-refractivity contribution is 0.0767. The number of benzene rings is 1. The molecule has 1 nitrogen and oxygen atoms in total. The molecule has 224 valence electrons. The molecule has 3 rings (SSSR count). The normalized spacial score (nSPS) is 31.6. The van der Waals surface area contributed by atoms with Gasteiger partial charge in [0.05, 0.1) is 0 Å². The van der Waals surface area contributed by atoms with Crippen LogP contribution in [0.3, 0.4) is 0 Å². The molecule has 2 saturated carbocycles. The highest BCUT2D eigenvalue weighted by Crippen LogP contribution is 2.51. The topological polar surface area (TPSA) is 20.2 Å². The molecule has 0 bridgehead atoms. The summed E-state index contributed by atoms with van der Waals surface area (Å²) >= 11 is 0. The third-order valence-electron chi connectivity index (χ3n) is 11.8. The summed E-state index contributed by atoms with van der Waals surface area (Å²) in [5.74, 6) is 10.1. The molecule has 0 radical (unpaired) electrons. The Morgan fingerprint density at radius 1 is 0.538 bits per heavy atom. The predicted octanol–water partition coefficient (Wildman–Crippen LogP) is 11.6. The Kier molecular flexibility index (Phi) is 11.5. The molecule has 1 heteroatoms. The zero-order valence-electron chi connectivity index (χ0n) is 28.0. The largest absolute Gasteiger partial charge is 0.508 e. The van der Waals surface area contributed by atoms with Crippen LogP contribution < -0.4 is 0 Å². The molecule has 10 unspecified atom stereocenters. The van der Waals surface area contributed by atoms with Crippen molar-refractivity contribution < 1.29 is 5.11 Å². The van der Waals surface area contributed by atoms with Crippen LogP contribution in [0.5, 0.6) is 5.75 Å². The van der Waals surface area contributed by atoms with E-state index in [0.29, 0.717) is 41.3 Å². The van der Waals surface area contributed by atoms with Gasteiger partial charge in [-0.1, -0.05) is 102 Å². The molecule has 0 aromatic heterocycles. The van der Waals surface area contributed by atoms with Gasteiger partial charge >= 0.3 is 0 Å². The van der Waals surface area contributed by atoms with Crippen molar-refractivity contribution in [3.63, 3.8) is 0 Å². The zero-order chi connectivity index (χ0) is 29.2. The average Bonchev–Trinajstić information content (AvgIpc) is 2.82. The smallest absolute Gasteiger partial charge is 0.116 e. The molecular formula is C38H66O. The lowest BCUT2D eigenvalue weighted by Gasteiger charge is -2.45. The number of hydrogen-bond acceptors (Lipinski definition) is 1. The molecule has 2 aliphatic rings. The second-order valence-electron chi connectivity index (χ2n) is 16.1. The summed E-state index contributed by atoms with van der Waals surface area (Å²) in [6.07, 6.45) is 8.27. The van der Waals surface area contributed by atoms with Crippen LogP contribution in [0, 0.1) is 71.0 Å². The van der Waals surface area contributed by atoms with Crippen molar-refractivity contribution in [3.05, 3.63) is 29.3 Å². The van der Waals surface area contributed by atoms with Gasteiger partial charge in [0.2, 0.25) is 0 Å². The quantitative estimate of drug-likeness (QED) is 0.314. The van der Waals surface area contributed by atoms with Gasteiger partial charge in [0.1, 0.15) is 5.75 Å². The van der Waals surface area contributed by atoms with Crippen LogP contribution in [0.2, 0.25) is 0 Å². The van der Waals surface area contributed by atoms with E-state index in [2.05, 4.69) is 101 Å². The van der Waals surface area contributed by atoms with Gasteiger partial charge in [0.15, 0.2) is 0 Å². The lowest BCUT2D eigenvalue weighted by atomic mass is 9.60. The Labute approximate surface area is 244 Å². The Bertz CT molecular complexity index is 812. The molecule has 1 N–H and O–H groups in total. The van der Waals surface area contributed by atoms with Crippen LogP contribution in [0.1, 0.15) is 145 Å². The Morgan fingerprint density at radius 2 is 0.897 bits per heavy atom. The Hall–Kier alpha value is -0.980. The first-order valence-corrected chi connectivity index (χ1v) is 17.1. The first-order valence-electron chi connectivity index (χ1n) is 17.1. The molecular weight excluding hydrogens is 472 g/mol. The summed E-state index contributed by atoms with van der Waals surface area (Å²) in [5, 5.41) is 11.2. The van der Waals surface area contributed by atoms with Crippen molar-refractivity contribution in [2.45, 2.75) is 133 Å². The highest BCUT2D eigenvalue weighted by molar-refractivity contribution is 5.38. The summed E-state index contributed by atoms with van der Waals surface area (Å²) in [6, 6.07) is 6.81. The van der Waals surface area contributed by atoms with E-state index < -0.39 is 0 Å². The Balaban J connectivity index is 2.00. The minimum absolute atomic E-state index is 0.480. The van der Waals surface area contributed by atoms with Crippen molar-refractivity contribution >= 4 is 0 Å². The maximum Gasteiger partial charge on any atom is 0.116 e. The van der Waals surface area contributed by atoms with Gasteiger partial charge in [-0.15, -0.1) is 0 Å². The first-order chi connectivity index (χ1) is 18.2. The molecule has 39 heavy (non-hydrogen) atoms. The maximum atomic E-state index is 11.2. The van der Waals surface area contributed by atoms with Crippen LogP contribution in [-0.2, 0) is 0 Å². The molecule has 2 fully saturated rings. The molecule has 0 saturated heterocycles. The zero-order valence-corrected chi connectivity index (χ0v) is 28.0. The van der Waals surface area contributed by atoms with Crippen LogP contribution in [0.15, 0.2) is 18.2 Å². The van der Waals surface area contributed by atoms with Crippen LogP contribution >= 0.6 is 0 Å². The lowest BCUT2D eigenvalue weighted by Crippen LogP contribution is -2.36.